The molecule has 4 rings (SSSR count). The zero-order valence-electron chi connectivity index (χ0n) is 19.4. The molecule has 4 heterocycles. The fraction of sp³-hybridized carbons (Fsp3) is 0.478. The molecule has 9 nitrogen and oxygen atoms in total. The molecule has 1 saturated heterocycles. The Labute approximate surface area is 193 Å². The van der Waals surface area contributed by atoms with Gasteiger partial charge in [-0.1, -0.05) is 0 Å². The van der Waals surface area contributed by atoms with Crippen LogP contribution in [0.3, 0.4) is 0 Å². The van der Waals surface area contributed by atoms with Gasteiger partial charge >= 0.3 is 6.09 Å². The van der Waals surface area contributed by atoms with Crippen molar-refractivity contribution in [1.29, 1.82) is 0 Å². The first-order valence-corrected chi connectivity index (χ1v) is 12.8. The smallest absolute Gasteiger partial charge is 0.410 e. The van der Waals surface area contributed by atoms with Gasteiger partial charge in [-0.2, -0.15) is 0 Å². The number of hydrogen-bond acceptors (Lipinski definition) is 7. The van der Waals surface area contributed by atoms with E-state index in [4.69, 9.17) is 4.74 Å². The number of sulfone groups is 1. The predicted octanol–water partition coefficient (Wildman–Crippen LogP) is 3.39. The lowest BCUT2D eigenvalue weighted by molar-refractivity contribution is 0.0204. The number of likely N-dealkylation sites (tertiary alicyclic amines) is 1. The number of nitrogens with zero attached hydrogens (tertiary/aromatic N) is 5. The molecule has 0 aromatic carbocycles. The molecule has 0 bridgehead atoms. The maximum atomic E-state index is 12.3. The molecule has 0 aliphatic carbocycles. The monoisotopic (exact) mass is 471 g/mol. The number of rotatable bonds is 4. The van der Waals surface area contributed by atoms with Gasteiger partial charge in [-0.3, -0.25) is 9.97 Å². The van der Waals surface area contributed by atoms with Gasteiger partial charge in [-0.05, 0) is 45.7 Å². The van der Waals surface area contributed by atoms with Crippen molar-refractivity contribution in [3.8, 4) is 0 Å². The lowest BCUT2D eigenvalue weighted by Gasteiger charge is -2.33. The third kappa shape index (κ3) is 5.50. The molecule has 176 valence electrons. The molecule has 10 heteroatoms. The van der Waals surface area contributed by atoms with Crippen molar-refractivity contribution in [1.82, 2.24) is 24.4 Å². The Morgan fingerprint density at radius 1 is 1.12 bits per heavy atom. The van der Waals surface area contributed by atoms with E-state index in [9.17, 15) is 13.2 Å². The number of ether oxygens (including phenoxy) is 1. The zero-order chi connectivity index (χ0) is 23.8. The fourth-order valence-corrected chi connectivity index (χ4v) is 4.49. The minimum absolute atomic E-state index is 0.203. The second-order valence-corrected chi connectivity index (χ2v) is 11.5. The highest BCUT2D eigenvalue weighted by atomic mass is 32.2. The molecule has 0 atom stereocenters. The average Bonchev–Trinajstić information content (AvgIpc) is 3.15. The van der Waals surface area contributed by atoms with E-state index in [0.29, 0.717) is 25.3 Å². The Hall–Kier alpha value is -3.01. The van der Waals surface area contributed by atoms with Crippen LogP contribution in [0.25, 0.3) is 11.0 Å². The number of fused-ring (bicyclic) bond motifs is 1. The van der Waals surface area contributed by atoms with Crippen LogP contribution in [-0.4, -0.2) is 63.9 Å². The molecule has 3 aromatic heterocycles. The van der Waals surface area contributed by atoms with Gasteiger partial charge in [0.25, 0.3) is 0 Å². The van der Waals surface area contributed by atoms with Crippen LogP contribution >= 0.6 is 0 Å². The predicted molar refractivity (Wildman–Crippen MR) is 124 cm³/mol. The summed E-state index contributed by atoms with van der Waals surface area (Å²) in [5.41, 5.74) is 1.92. The van der Waals surface area contributed by atoms with Gasteiger partial charge in [0.15, 0.2) is 9.84 Å². The van der Waals surface area contributed by atoms with Gasteiger partial charge in [0.05, 0.1) is 29.0 Å². The average molecular weight is 472 g/mol. The van der Waals surface area contributed by atoms with Crippen molar-refractivity contribution in [3.63, 3.8) is 0 Å². The maximum absolute atomic E-state index is 12.3. The van der Waals surface area contributed by atoms with Crippen molar-refractivity contribution in [2.24, 2.45) is 0 Å². The van der Waals surface area contributed by atoms with Gasteiger partial charge < -0.3 is 14.2 Å². The van der Waals surface area contributed by atoms with Gasteiger partial charge in [0.2, 0.25) is 0 Å². The van der Waals surface area contributed by atoms with Gasteiger partial charge in [0.1, 0.15) is 11.2 Å². The lowest BCUT2D eigenvalue weighted by Crippen LogP contribution is -2.41. The van der Waals surface area contributed by atoms with E-state index in [-0.39, 0.29) is 16.9 Å². The van der Waals surface area contributed by atoms with Crippen LogP contribution in [0.4, 0.5) is 4.79 Å². The second kappa shape index (κ2) is 8.74. The van der Waals surface area contributed by atoms with E-state index >= 15 is 0 Å². The van der Waals surface area contributed by atoms with Crippen molar-refractivity contribution in [2.45, 2.75) is 56.6 Å². The van der Waals surface area contributed by atoms with Crippen LogP contribution < -0.4 is 0 Å². The molecule has 0 unspecified atom stereocenters. The summed E-state index contributed by atoms with van der Waals surface area (Å²) in [5, 5.41) is 0.763. The van der Waals surface area contributed by atoms with Crippen molar-refractivity contribution in [2.75, 3.05) is 19.3 Å². The van der Waals surface area contributed by atoms with Gasteiger partial charge in [0, 0.05) is 49.2 Å². The normalized spacial score (nSPS) is 15.7. The second-order valence-electron chi connectivity index (χ2n) is 9.47. The molecule has 1 aliphatic heterocycles. The number of aromatic nitrogens is 4. The lowest BCUT2D eigenvalue weighted by atomic mass is 9.94. The third-order valence-electron chi connectivity index (χ3n) is 5.63. The summed E-state index contributed by atoms with van der Waals surface area (Å²) < 4.78 is 30.9. The van der Waals surface area contributed by atoms with Crippen molar-refractivity contribution < 1.29 is 17.9 Å². The summed E-state index contributed by atoms with van der Waals surface area (Å²) in [6.45, 7) is 7.37. The fourth-order valence-electron chi connectivity index (χ4n) is 3.90. The van der Waals surface area contributed by atoms with Crippen molar-refractivity contribution >= 4 is 27.0 Å². The summed E-state index contributed by atoms with van der Waals surface area (Å²) in [6, 6.07) is 3.48. The summed E-state index contributed by atoms with van der Waals surface area (Å²) in [6.07, 6.45) is 9.38. The van der Waals surface area contributed by atoms with E-state index in [0.717, 1.165) is 29.6 Å². The molecule has 0 saturated carbocycles. The molecule has 0 spiro atoms. The Balaban J connectivity index is 1.39. The van der Waals surface area contributed by atoms with E-state index in [1.165, 1.54) is 12.5 Å². The van der Waals surface area contributed by atoms with Crippen molar-refractivity contribution in [3.05, 3.63) is 48.3 Å². The summed E-state index contributed by atoms with van der Waals surface area (Å²) in [5.74, 6) is 0.258. The molecular weight excluding hydrogens is 442 g/mol. The number of hydrogen-bond donors (Lipinski definition) is 0. The largest absolute Gasteiger partial charge is 0.444 e. The molecule has 0 N–H and O–H groups in total. The summed E-state index contributed by atoms with van der Waals surface area (Å²) in [7, 11) is -3.30. The molecule has 1 fully saturated rings. The molecule has 33 heavy (non-hydrogen) atoms. The van der Waals surface area contributed by atoms with Gasteiger partial charge in [-0.15, -0.1) is 0 Å². The number of carbonyl (C=O) groups is 1. The molecule has 1 amide bonds. The van der Waals surface area contributed by atoms with Crippen LogP contribution in [0, 0.1) is 0 Å². The Morgan fingerprint density at radius 2 is 1.85 bits per heavy atom. The van der Waals surface area contributed by atoms with E-state index in [1.54, 1.807) is 17.2 Å². The molecule has 0 radical (unpaired) electrons. The van der Waals surface area contributed by atoms with Crippen LogP contribution in [-0.2, 0) is 21.1 Å². The minimum Gasteiger partial charge on any atom is -0.444 e. The van der Waals surface area contributed by atoms with Crippen LogP contribution in [0.2, 0.25) is 0 Å². The zero-order valence-corrected chi connectivity index (χ0v) is 20.2. The minimum atomic E-state index is -3.30. The van der Waals surface area contributed by atoms with E-state index < -0.39 is 15.4 Å². The Morgan fingerprint density at radius 3 is 2.45 bits per heavy atom. The first kappa shape index (κ1) is 23.2. The molecular formula is C23H29N5O4S. The quantitative estimate of drug-likeness (QED) is 0.574. The number of piperidine rings is 1. The number of pyridine rings is 1. The molecule has 1 aliphatic rings. The standard InChI is InChI=1S/C23H29N5O4S/c1-23(2,3)32-22(29)27-8-5-16(6-9-27)20-14-24-18(12-25-20)15-28-10-7-17-11-19(33(4,30)31)13-26-21(17)28/h7,10-14,16H,5-6,8-9,15H2,1-4H3. The van der Waals surface area contributed by atoms with Crippen LogP contribution in [0.15, 0.2) is 41.8 Å². The number of amides is 1. The van der Waals surface area contributed by atoms with Crippen LogP contribution in [0.5, 0.6) is 0 Å². The van der Waals surface area contributed by atoms with Crippen LogP contribution in [0.1, 0.15) is 50.9 Å². The van der Waals surface area contributed by atoms with Gasteiger partial charge in [-0.25, -0.2) is 18.2 Å². The highest BCUT2D eigenvalue weighted by molar-refractivity contribution is 7.90. The Kier molecular flexibility index (Phi) is 6.13. The summed E-state index contributed by atoms with van der Waals surface area (Å²) >= 11 is 0. The maximum Gasteiger partial charge on any atom is 0.410 e. The van der Waals surface area contributed by atoms with E-state index in [2.05, 4.69) is 15.0 Å². The topological polar surface area (TPSA) is 107 Å². The molecule has 3 aromatic rings. The summed E-state index contributed by atoms with van der Waals surface area (Å²) in [4.78, 5) is 27.8. The SMILES string of the molecule is CC(C)(C)OC(=O)N1CCC(c2cnc(Cn3ccc4cc(S(C)(=O)=O)cnc43)cn2)CC1. The van der Waals surface area contributed by atoms with E-state index in [1.807, 2.05) is 43.8 Å². The highest BCUT2D eigenvalue weighted by Gasteiger charge is 2.28. The first-order chi connectivity index (χ1) is 15.5. The Bertz CT molecular complexity index is 1250. The third-order valence-corrected chi connectivity index (χ3v) is 6.71. The first-order valence-electron chi connectivity index (χ1n) is 10.9. The number of carbonyl (C=O) groups excluding carboxylic acids is 1. The highest BCUT2D eigenvalue weighted by Crippen LogP contribution is 2.27.